The molecular weight excluding hydrogens is 292 g/mol. The van der Waals surface area contributed by atoms with Crippen LogP contribution in [0.2, 0.25) is 0 Å². The summed E-state index contributed by atoms with van der Waals surface area (Å²) in [7, 11) is -0.777. The third-order valence-electron chi connectivity index (χ3n) is 3.79. The molecule has 1 fully saturated rings. The highest BCUT2D eigenvalue weighted by molar-refractivity contribution is 7.89. The van der Waals surface area contributed by atoms with Crippen LogP contribution in [0.3, 0.4) is 0 Å². The van der Waals surface area contributed by atoms with Crippen LogP contribution in [0.5, 0.6) is 11.5 Å². The Bertz CT molecular complexity index is 589. The van der Waals surface area contributed by atoms with E-state index in [-0.39, 0.29) is 22.7 Å². The molecule has 1 aliphatic rings. The highest BCUT2D eigenvalue weighted by atomic mass is 32.2. The third kappa shape index (κ3) is 3.66. The van der Waals surface area contributed by atoms with Gasteiger partial charge in [0.15, 0.2) is 0 Å². The van der Waals surface area contributed by atoms with Crippen LogP contribution >= 0.6 is 0 Å². The molecule has 0 spiro atoms. The first-order valence-electron chi connectivity index (χ1n) is 6.98. The smallest absolute Gasteiger partial charge is 0.244 e. The lowest BCUT2D eigenvalue weighted by Gasteiger charge is -2.29. The fourth-order valence-electron chi connectivity index (χ4n) is 2.56. The second-order valence-corrected chi connectivity index (χ2v) is 6.88. The second-order valence-electron chi connectivity index (χ2n) is 5.19. The highest BCUT2D eigenvalue weighted by Gasteiger charge is 2.29. The molecule has 2 unspecified atom stereocenters. The van der Waals surface area contributed by atoms with Gasteiger partial charge in [-0.3, -0.25) is 0 Å². The van der Waals surface area contributed by atoms with Crippen LogP contribution in [-0.4, -0.2) is 34.7 Å². The number of hydrogen-bond donors (Lipinski definition) is 2. The number of methoxy groups -OCH3 is 2. The number of nitrogens with two attached hydrogens (primary N) is 1. The molecule has 1 aromatic rings. The van der Waals surface area contributed by atoms with Crippen molar-refractivity contribution in [1.29, 1.82) is 0 Å². The predicted octanol–water partition coefficient (Wildman–Crippen LogP) is 1.25. The van der Waals surface area contributed by atoms with Gasteiger partial charge in [-0.1, -0.05) is 12.8 Å². The minimum Gasteiger partial charge on any atom is -0.497 e. The molecule has 0 aliphatic heterocycles. The van der Waals surface area contributed by atoms with Crippen molar-refractivity contribution in [2.45, 2.75) is 42.7 Å². The maximum absolute atomic E-state index is 12.6. The van der Waals surface area contributed by atoms with Crippen molar-refractivity contribution < 1.29 is 17.9 Å². The molecule has 118 valence electrons. The van der Waals surface area contributed by atoms with Crippen LogP contribution in [0.15, 0.2) is 23.1 Å². The normalized spacial score (nSPS) is 22.8. The molecule has 0 heterocycles. The Hall–Kier alpha value is -1.31. The molecule has 7 heteroatoms. The quantitative estimate of drug-likeness (QED) is 0.853. The monoisotopic (exact) mass is 314 g/mol. The summed E-state index contributed by atoms with van der Waals surface area (Å²) in [6.45, 7) is 0. The molecular formula is C14H22N2O4S. The summed E-state index contributed by atoms with van der Waals surface area (Å²) in [5.74, 6) is 0.747. The zero-order chi connectivity index (χ0) is 15.5. The third-order valence-corrected chi connectivity index (χ3v) is 5.30. The molecule has 0 radical (unpaired) electrons. The summed E-state index contributed by atoms with van der Waals surface area (Å²) in [5, 5.41) is 0. The number of nitrogens with one attached hydrogen (secondary N) is 1. The largest absolute Gasteiger partial charge is 0.497 e. The predicted molar refractivity (Wildman–Crippen MR) is 80.1 cm³/mol. The van der Waals surface area contributed by atoms with Crippen LogP contribution in [0.25, 0.3) is 0 Å². The topological polar surface area (TPSA) is 90.6 Å². The summed E-state index contributed by atoms with van der Waals surface area (Å²) in [4.78, 5) is 0.0714. The Morgan fingerprint density at radius 3 is 2.52 bits per heavy atom. The summed E-state index contributed by atoms with van der Waals surface area (Å²) in [6.07, 6.45) is 3.62. The molecule has 0 amide bonds. The lowest BCUT2D eigenvalue weighted by atomic mass is 9.92. The number of rotatable bonds is 5. The summed E-state index contributed by atoms with van der Waals surface area (Å²) in [5.41, 5.74) is 6.01. The molecule has 0 aromatic heterocycles. The second kappa shape index (κ2) is 6.64. The fraction of sp³-hybridized carbons (Fsp3) is 0.571. The number of benzene rings is 1. The van der Waals surface area contributed by atoms with Crippen LogP contribution in [0.1, 0.15) is 25.7 Å². The molecule has 1 aromatic carbocycles. The Balaban J connectivity index is 2.30. The van der Waals surface area contributed by atoms with Crippen LogP contribution in [0, 0.1) is 0 Å². The van der Waals surface area contributed by atoms with Crippen LogP contribution < -0.4 is 19.9 Å². The Labute approximate surface area is 125 Å². The zero-order valence-electron chi connectivity index (χ0n) is 12.3. The number of sulfonamides is 1. The van der Waals surface area contributed by atoms with E-state index >= 15 is 0 Å². The van der Waals surface area contributed by atoms with Crippen molar-refractivity contribution >= 4 is 10.0 Å². The van der Waals surface area contributed by atoms with Gasteiger partial charge in [0.05, 0.1) is 14.2 Å². The van der Waals surface area contributed by atoms with E-state index in [0.29, 0.717) is 5.75 Å². The number of hydrogen-bond acceptors (Lipinski definition) is 5. The molecule has 1 aliphatic carbocycles. The fourth-order valence-corrected chi connectivity index (χ4v) is 4.07. The molecule has 0 saturated heterocycles. The van der Waals surface area contributed by atoms with Gasteiger partial charge in [-0.05, 0) is 25.0 Å². The van der Waals surface area contributed by atoms with Crippen molar-refractivity contribution in [3.05, 3.63) is 18.2 Å². The van der Waals surface area contributed by atoms with E-state index in [0.717, 1.165) is 25.7 Å². The first-order valence-corrected chi connectivity index (χ1v) is 8.46. The minimum atomic E-state index is -3.70. The summed E-state index contributed by atoms with van der Waals surface area (Å²) < 4.78 is 38.1. The van der Waals surface area contributed by atoms with E-state index in [1.165, 1.54) is 20.3 Å². The zero-order valence-corrected chi connectivity index (χ0v) is 13.2. The molecule has 3 N–H and O–H groups in total. The Kier molecular flexibility index (Phi) is 5.08. The molecule has 21 heavy (non-hydrogen) atoms. The first-order chi connectivity index (χ1) is 9.97. The van der Waals surface area contributed by atoms with E-state index in [9.17, 15) is 8.42 Å². The summed E-state index contributed by atoms with van der Waals surface area (Å²) >= 11 is 0. The van der Waals surface area contributed by atoms with Gasteiger partial charge in [0.2, 0.25) is 10.0 Å². The molecule has 2 rings (SSSR count). The highest BCUT2D eigenvalue weighted by Crippen LogP contribution is 2.29. The van der Waals surface area contributed by atoms with Crippen molar-refractivity contribution in [2.24, 2.45) is 5.73 Å². The molecule has 6 nitrogen and oxygen atoms in total. The SMILES string of the molecule is COc1ccc(OC)c(S(=O)(=O)NC2CCCCC2N)c1. The standard InChI is InChI=1S/C14H22N2O4S/c1-19-10-7-8-13(20-2)14(9-10)21(17,18)16-12-6-4-3-5-11(12)15/h7-9,11-12,16H,3-6,15H2,1-2H3. The van der Waals surface area contributed by atoms with Gasteiger partial charge in [-0.2, -0.15) is 0 Å². The average Bonchev–Trinajstić information content (AvgIpc) is 2.48. The maximum atomic E-state index is 12.6. The van der Waals surface area contributed by atoms with E-state index < -0.39 is 10.0 Å². The van der Waals surface area contributed by atoms with Gasteiger partial charge < -0.3 is 15.2 Å². The van der Waals surface area contributed by atoms with Gasteiger partial charge in [0.25, 0.3) is 0 Å². The van der Waals surface area contributed by atoms with E-state index in [1.54, 1.807) is 12.1 Å². The Morgan fingerprint density at radius 1 is 1.19 bits per heavy atom. The number of ether oxygens (including phenoxy) is 2. The van der Waals surface area contributed by atoms with Gasteiger partial charge >= 0.3 is 0 Å². The molecule has 2 atom stereocenters. The van der Waals surface area contributed by atoms with E-state index in [4.69, 9.17) is 15.2 Å². The maximum Gasteiger partial charge on any atom is 0.244 e. The molecule has 0 bridgehead atoms. The van der Waals surface area contributed by atoms with Crippen molar-refractivity contribution in [3.63, 3.8) is 0 Å². The average molecular weight is 314 g/mol. The summed E-state index contributed by atoms with van der Waals surface area (Å²) in [6, 6.07) is 4.30. The van der Waals surface area contributed by atoms with Gasteiger partial charge in [0.1, 0.15) is 16.4 Å². The van der Waals surface area contributed by atoms with Crippen LogP contribution in [0.4, 0.5) is 0 Å². The van der Waals surface area contributed by atoms with E-state index in [1.807, 2.05) is 0 Å². The van der Waals surface area contributed by atoms with Crippen molar-refractivity contribution in [1.82, 2.24) is 4.72 Å². The van der Waals surface area contributed by atoms with Gasteiger partial charge in [0, 0.05) is 18.2 Å². The first kappa shape index (κ1) is 16.1. The lowest BCUT2D eigenvalue weighted by Crippen LogP contribution is -2.49. The minimum absolute atomic E-state index is 0.0714. The van der Waals surface area contributed by atoms with Crippen LogP contribution in [-0.2, 0) is 10.0 Å². The van der Waals surface area contributed by atoms with Crippen molar-refractivity contribution in [2.75, 3.05) is 14.2 Å². The lowest BCUT2D eigenvalue weighted by molar-refractivity contribution is 0.359. The van der Waals surface area contributed by atoms with Crippen molar-refractivity contribution in [3.8, 4) is 11.5 Å². The van der Waals surface area contributed by atoms with E-state index in [2.05, 4.69) is 4.72 Å². The van der Waals surface area contributed by atoms with Gasteiger partial charge in [-0.25, -0.2) is 13.1 Å². The van der Waals surface area contributed by atoms with Gasteiger partial charge in [-0.15, -0.1) is 0 Å². The molecule has 1 saturated carbocycles. The Morgan fingerprint density at radius 2 is 1.90 bits per heavy atom.